The first-order valence-electron chi connectivity index (χ1n) is 6.19. The Morgan fingerprint density at radius 2 is 2.16 bits per heavy atom. The van der Waals surface area contributed by atoms with E-state index in [1.807, 2.05) is 26.2 Å². The lowest BCUT2D eigenvalue weighted by molar-refractivity contribution is -0.0142. The molecule has 19 heavy (non-hydrogen) atoms. The minimum atomic E-state index is -2.99. The summed E-state index contributed by atoms with van der Waals surface area (Å²) in [6.07, 6.45) is 1.60. The number of ether oxygens (including phenoxy) is 1. The van der Waals surface area contributed by atoms with E-state index in [-0.39, 0.29) is 11.8 Å². The third kappa shape index (κ3) is 5.18. The molecular weight excluding hydrogens is 284 g/mol. The third-order valence-electron chi connectivity index (χ3n) is 2.72. The van der Waals surface area contributed by atoms with Crippen molar-refractivity contribution in [1.29, 1.82) is 0 Å². The zero-order chi connectivity index (χ0) is 14.7. The summed E-state index contributed by atoms with van der Waals surface area (Å²) in [5, 5.41) is 2.74. The molecule has 1 aromatic heterocycles. The molecule has 0 aromatic carbocycles. The molecule has 0 aliphatic rings. The van der Waals surface area contributed by atoms with Gasteiger partial charge in [0.15, 0.2) is 0 Å². The smallest absolute Gasteiger partial charge is 0.147 e. The fourth-order valence-electron chi connectivity index (χ4n) is 1.64. The van der Waals surface area contributed by atoms with Crippen molar-refractivity contribution in [2.24, 2.45) is 5.73 Å². The van der Waals surface area contributed by atoms with E-state index >= 15 is 0 Å². The number of rotatable bonds is 7. The van der Waals surface area contributed by atoms with E-state index in [0.29, 0.717) is 13.0 Å². The maximum Gasteiger partial charge on any atom is 0.147 e. The summed E-state index contributed by atoms with van der Waals surface area (Å²) in [5.74, 6) is 0.0792. The van der Waals surface area contributed by atoms with E-state index in [9.17, 15) is 8.42 Å². The molecule has 0 spiro atoms. The monoisotopic (exact) mass is 306 g/mol. The van der Waals surface area contributed by atoms with E-state index in [0.717, 1.165) is 10.7 Å². The first-order valence-corrected chi connectivity index (χ1v) is 9.13. The van der Waals surface area contributed by atoms with Gasteiger partial charge in [-0.3, -0.25) is 0 Å². The molecular formula is C12H22N2O3S2. The van der Waals surface area contributed by atoms with Crippen LogP contribution in [0.5, 0.6) is 0 Å². The second kappa shape index (κ2) is 6.30. The molecule has 1 atom stereocenters. The van der Waals surface area contributed by atoms with Crippen molar-refractivity contribution >= 4 is 21.2 Å². The van der Waals surface area contributed by atoms with E-state index < -0.39 is 15.4 Å². The number of hydrogen-bond acceptors (Lipinski definition) is 6. The summed E-state index contributed by atoms with van der Waals surface area (Å²) in [5.41, 5.74) is 6.27. The lowest BCUT2D eigenvalue weighted by atomic mass is 10.1. The Labute approximate surface area is 119 Å². The van der Waals surface area contributed by atoms with E-state index in [1.54, 1.807) is 0 Å². The molecule has 1 unspecified atom stereocenters. The molecule has 0 saturated heterocycles. The van der Waals surface area contributed by atoms with Gasteiger partial charge in [-0.15, -0.1) is 11.3 Å². The van der Waals surface area contributed by atoms with Gasteiger partial charge in [0.2, 0.25) is 0 Å². The highest BCUT2D eigenvalue weighted by molar-refractivity contribution is 7.90. The van der Waals surface area contributed by atoms with Gasteiger partial charge in [-0.1, -0.05) is 0 Å². The first-order chi connectivity index (χ1) is 8.65. The van der Waals surface area contributed by atoms with Crippen molar-refractivity contribution in [3.8, 4) is 0 Å². The predicted molar refractivity (Wildman–Crippen MR) is 78.0 cm³/mol. The maximum atomic E-state index is 11.1. The molecule has 1 aromatic rings. The number of nitrogens with two attached hydrogens (primary N) is 1. The molecule has 110 valence electrons. The van der Waals surface area contributed by atoms with Gasteiger partial charge < -0.3 is 10.5 Å². The predicted octanol–water partition coefficient (Wildman–Crippen LogP) is 1.85. The summed E-state index contributed by atoms with van der Waals surface area (Å²) in [7, 11) is -2.99. The van der Waals surface area contributed by atoms with Gasteiger partial charge in [0, 0.05) is 24.3 Å². The Hall–Kier alpha value is -0.500. The van der Waals surface area contributed by atoms with E-state index in [1.165, 1.54) is 17.6 Å². The van der Waals surface area contributed by atoms with Crippen molar-refractivity contribution in [2.45, 2.75) is 38.8 Å². The number of nitrogens with zero attached hydrogens (tertiary/aromatic N) is 1. The zero-order valence-electron chi connectivity index (χ0n) is 11.8. The molecule has 0 amide bonds. The van der Waals surface area contributed by atoms with Crippen molar-refractivity contribution in [3.05, 3.63) is 16.1 Å². The number of hydrogen-bond donors (Lipinski definition) is 1. The molecule has 5 nitrogen and oxygen atoms in total. The fourth-order valence-corrected chi connectivity index (χ4v) is 3.29. The maximum absolute atomic E-state index is 11.1. The van der Waals surface area contributed by atoms with Crippen molar-refractivity contribution in [3.63, 3.8) is 0 Å². The highest BCUT2D eigenvalue weighted by Gasteiger charge is 2.25. The molecule has 0 saturated carbocycles. The molecule has 1 heterocycles. The van der Waals surface area contributed by atoms with Gasteiger partial charge in [0.25, 0.3) is 0 Å². The van der Waals surface area contributed by atoms with Crippen LogP contribution in [0.2, 0.25) is 0 Å². The molecule has 0 radical (unpaired) electrons. The summed E-state index contributed by atoms with van der Waals surface area (Å²) in [6.45, 7) is 6.47. The average molecular weight is 306 g/mol. The van der Waals surface area contributed by atoms with Gasteiger partial charge in [-0.2, -0.15) is 0 Å². The van der Waals surface area contributed by atoms with Gasteiger partial charge in [0.1, 0.15) is 20.4 Å². The molecule has 0 bridgehead atoms. The number of thiazole rings is 1. The minimum Gasteiger partial charge on any atom is -0.369 e. The highest BCUT2D eigenvalue weighted by atomic mass is 32.2. The highest BCUT2D eigenvalue weighted by Crippen LogP contribution is 2.29. The van der Waals surface area contributed by atoms with Gasteiger partial charge in [0.05, 0.1) is 11.4 Å². The van der Waals surface area contributed by atoms with Crippen molar-refractivity contribution in [2.75, 3.05) is 18.6 Å². The van der Waals surface area contributed by atoms with E-state index in [2.05, 4.69) is 4.98 Å². The van der Waals surface area contributed by atoms with Gasteiger partial charge in [-0.25, -0.2) is 13.4 Å². The molecule has 7 heteroatoms. The largest absolute Gasteiger partial charge is 0.369 e. The lowest BCUT2D eigenvalue weighted by Crippen LogP contribution is -2.22. The summed E-state index contributed by atoms with van der Waals surface area (Å²) >= 11 is 1.49. The van der Waals surface area contributed by atoms with Crippen molar-refractivity contribution in [1.82, 2.24) is 4.98 Å². The first kappa shape index (κ1) is 16.6. The minimum absolute atomic E-state index is 0.0792. The summed E-state index contributed by atoms with van der Waals surface area (Å²) in [4.78, 5) is 4.47. The fraction of sp³-hybridized carbons (Fsp3) is 0.750. The second-order valence-corrected chi connectivity index (χ2v) is 8.16. The average Bonchev–Trinajstić information content (AvgIpc) is 2.74. The number of sulfone groups is 1. The van der Waals surface area contributed by atoms with Crippen molar-refractivity contribution < 1.29 is 13.2 Å². The Bertz CT molecular complexity index is 509. The van der Waals surface area contributed by atoms with Crippen LogP contribution in [0.15, 0.2) is 5.38 Å². The molecule has 2 N–H and O–H groups in total. The third-order valence-corrected chi connectivity index (χ3v) is 4.86. The Morgan fingerprint density at radius 3 is 2.68 bits per heavy atom. The molecule has 0 fully saturated rings. The molecule has 0 aliphatic carbocycles. The van der Waals surface area contributed by atoms with Gasteiger partial charge >= 0.3 is 0 Å². The molecule has 1 rings (SSSR count). The van der Waals surface area contributed by atoms with Crippen LogP contribution in [0.1, 0.15) is 43.9 Å². The zero-order valence-corrected chi connectivity index (χ0v) is 13.5. The quantitative estimate of drug-likeness (QED) is 0.831. The van der Waals surface area contributed by atoms with Gasteiger partial charge in [-0.05, 0) is 27.2 Å². The Kier molecular flexibility index (Phi) is 5.49. The van der Waals surface area contributed by atoms with Crippen LogP contribution in [-0.2, 0) is 20.2 Å². The second-order valence-electron chi connectivity index (χ2n) is 5.05. The normalized spacial score (nSPS) is 14.6. The Balaban J connectivity index is 2.74. The van der Waals surface area contributed by atoms with Crippen LogP contribution in [0.25, 0.3) is 0 Å². The lowest BCUT2D eigenvalue weighted by Gasteiger charge is -2.21. The van der Waals surface area contributed by atoms with Crippen LogP contribution in [0.3, 0.4) is 0 Å². The van der Waals surface area contributed by atoms with Crippen LogP contribution in [-0.4, -0.2) is 32.0 Å². The van der Waals surface area contributed by atoms with Crippen LogP contribution < -0.4 is 5.73 Å². The van der Waals surface area contributed by atoms with Crippen LogP contribution >= 0.6 is 11.3 Å². The topological polar surface area (TPSA) is 82.3 Å². The van der Waals surface area contributed by atoms with E-state index in [4.69, 9.17) is 10.5 Å². The molecule has 0 aliphatic heterocycles. The number of aromatic nitrogens is 1. The van der Waals surface area contributed by atoms with Crippen LogP contribution in [0.4, 0.5) is 0 Å². The Morgan fingerprint density at radius 1 is 1.53 bits per heavy atom. The van der Waals surface area contributed by atoms with Crippen LogP contribution in [0, 0.1) is 0 Å². The summed E-state index contributed by atoms with van der Waals surface area (Å²) in [6, 6.07) is -0.350. The SMILES string of the molecule is CCOC(C)(C)c1nc(C(N)CCS(C)(=O)=O)cs1. The standard InChI is InChI=1S/C12H22N2O3S2/c1-5-17-12(2,3)11-14-10(8-18-11)9(13)6-7-19(4,15)16/h8-9H,5-7,13H2,1-4H3. The summed E-state index contributed by atoms with van der Waals surface area (Å²) < 4.78 is 27.9.